The molecule has 0 bridgehead atoms. The number of fused-ring (bicyclic) bond motifs is 1. The Morgan fingerprint density at radius 2 is 1.45 bits per heavy atom. The summed E-state index contributed by atoms with van der Waals surface area (Å²) < 4.78 is 1.17. The third-order valence-electron chi connectivity index (χ3n) is 4.57. The highest BCUT2D eigenvalue weighted by atomic mass is 32.1. The van der Waals surface area contributed by atoms with Crippen molar-refractivity contribution in [2.45, 2.75) is 19.3 Å². The molecule has 1 aromatic heterocycles. The third-order valence-corrected chi connectivity index (χ3v) is 5.66. The number of urea groups is 1. The van der Waals surface area contributed by atoms with Gasteiger partial charge in [0.2, 0.25) is 5.91 Å². The minimum atomic E-state index is -0.342. The molecule has 0 aliphatic carbocycles. The average Bonchev–Trinajstić information content (AvgIpc) is 3.17. The second-order valence-corrected chi connectivity index (χ2v) is 8.12. The van der Waals surface area contributed by atoms with Crippen molar-refractivity contribution >= 4 is 50.6 Å². The van der Waals surface area contributed by atoms with Crippen molar-refractivity contribution in [1.29, 1.82) is 0 Å². The van der Waals surface area contributed by atoms with Gasteiger partial charge in [-0.1, -0.05) is 36.4 Å². The van der Waals surface area contributed by atoms with Gasteiger partial charge >= 0.3 is 6.03 Å². The van der Waals surface area contributed by atoms with Gasteiger partial charge in [0.15, 0.2) is 0 Å². The van der Waals surface area contributed by atoms with E-state index in [1.807, 2.05) is 48.5 Å². The molecule has 0 aliphatic heterocycles. The van der Waals surface area contributed by atoms with Crippen LogP contribution >= 0.6 is 11.3 Å². The number of carbonyl (C=O) groups is 2. The minimum Gasteiger partial charge on any atom is -0.326 e. The molecule has 6 nitrogen and oxygen atoms in total. The van der Waals surface area contributed by atoms with Crippen LogP contribution in [-0.2, 0) is 11.2 Å². The predicted molar refractivity (Wildman–Crippen MR) is 127 cm³/mol. The SMILES string of the molecule is O=C(CCCc1nc2ccccc2s1)Nc1cccc(NC(=O)Nc2ccccc2)c1. The number of aromatic nitrogens is 1. The highest BCUT2D eigenvalue weighted by molar-refractivity contribution is 7.18. The molecule has 7 heteroatoms. The number of carbonyl (C=O) groups excluding carboxylic acids is 2. The summed E-state index contributed by atoms with van der Waals surface area (Å²) in [6.07, 6.45) is 1.90. The quantitative estimate of drug-likeness (QED) is 0.341. The molecule has 3 amide bonds. The van der Waals surface area contributed by atoms with Crippen molar-refractivity contribution in [2.75, 3.05) is 16.0 Å². The zero-order valence-corrected chi connectivity index (χ0v) is 17.6. The topological polar surface area (TPSA) is 83.1 Å². The van der Waals surface area contributed by atoms with Gasteiger partial charge in [-0.2, -0.15) is 0 Å². The zero-order chi connectivity index (χ0) is 21.5. The molecular formula is C24H22N4O2S. The molecule has 0 atom stereocenters. The molecule has 31 heavy (non-hydrogen) atoms. The molecular weight excluding hydrogens is 408 g/mol. The van der Waals surface area contributed by atoms with Gasteiger partial charge in [-0.25, -0.2) is 9.78 Å². The van der Waals surface area contributed by atoms with E-state index in [-0.39, 0.29) is 11.9 Å². The van der Waals surface area contributed by atoms with E-state index in [4.69, 9.17) is 0 Å². The van der Waals surface area contributed by atoms with E-state index in [0.717, 1.165) is 23.4 Å². The Hall–Kier alpha value is -3.71. The smallest absolute Gasteiger partial charge is 0.323 e. The van der Waals surface area contributed by atoms with Crippen molar-refractivity contribution in [3.63, 3.8) is 0 Å². The molecule has 4 aromatic rings. The van der Waals surface area contributed by atoms with Gasteiger partial charge in [-0.15, -0.1) is 11.3 Å². The molecule has 0 aliphatic rings. The molecule has 0 saturated carbocycles. The first-order valence-electron chi connectivity index (χ1n) is 10.0. The summed E-state index contributed by atoms with van der Waals surface area (Å²) in [5.74, 6) is -0.0630. The molecule has 3 N–H and O–H groups in total. The predicted octanol–water partition coefficient (Wildman–Crippen LogP) is 5.90. The van der Waals surface area contributed by atoms with E-state index >= 15 is 0 Å². The number of amides is 3. The molecule has 1 heterocycles. The van der Waals surface area contributed by atoms with Crippen LogP contribution in [0.15, 0.2) is 78.9 Å². The molecule has 0 spiro atoms. The summed E-state index contributed by atoms with van der Waals surface area (Å²) in [7, 11) is 0. The number of nitrogens with one attached hydrogen (secondary N) is 3. The molecule has 0 unspecified atom stereocenters. The van der Waals surface area contributed by atoms with E-state index in [0.29, 0.717) is 23.5 Å². The van der Waals surface area contributed by atoms with Crippen LogP contribution in [0, 0.1) is 0 Å². The number of hydrogen-bond acceptors (Lipinski definition) is 4. The molecule has 156 valence electrons. The standard InChI is InChI=1S/C24H22N4O2S/c29-22(14-7-15-23-28-20-12-4-5-13-21(20)31-23)25-18-10-6-11-19(16-18)27-24(30)26-17-8-2-1-3-9-17/h1-6,8-13,16H,7,14-15H2,(H,25,29)(H2,26,27,30). The number of nitrogens with zero attached hydrogens (tertiary/aromatic N) is 1. The fourth-order valence-corrected chi connectivity index (χ4v) is 4.15. The van der Waals surface area contributed by atoms with Gasteiger partial charge in [0.05, 0.1) is 15.2 Å². The summed E-state index contributed by atoms with van der Waals surface area (Å²) >= 11 is 1.67. The number of hydrogen-bond donors (Lipinski definition) is 3. The van der Waals surface area contributed by atoms with Crippen LogP contribution in [0.5, 0.6) is 0 Å². The van der Waals surface area contributed by atoms with Gasteiger partial charge in [0.25, 0.3) is 0 Å². The molecule has 0 radical (unpaired) electrons. The Labute approximate surface area is 184 Å². The van der Waals surface area contributed by atoms with Crippen LogP contribution < -0.4 is 16.0 Å². The minimum absolute atomic E-state index is 0.0630. The summed E-state index contributed by atoms with van der Waals surface area (Å²) in [5, 5.41) is 9.47. The van der Waals surface area contributed by atoms with E-state index in [1.165, 1.54) is 4.70 Å². The van der Waals surface area contributed by atoms with E-state index < -0.39 is 0 Å². The van der Waals surface area contributed by atoms with Crippen molar-refractivity contribution in [2.24, 2.45) is 0 Å². The van der Waals surface area contributed by atoms with Gasteiger partial charge in [-0.3, -0.25) is 4.79 Å². The second kappa shape index (κ2) is 9.86. The second-order valence-electron chi connectivity index (χ2n) is 7.00. The summed E-state index contributed by atoms with van der Waals surface area (Å²) in [6, 6.07) is 24.0. The zero-order valence-electron chi connectivity index (χ0n) is 16.8. The Morgan fingerprint density at radius 1 is 0.774 bits per heavy atom. The summed E-state index contributed by atoms with van der Waals surface area (Å²) in [4.78, 5) is 29.1. The molecule has 3 aromatic carbocycles. The monoisotopic (exact) mass is 430 g/mol. The van der Waals surface area contributed by atoms with Crippen molar-refractivity contribution in [3.05, 3.63) is 83.9 Å². The Bertz CT molecular complexity index is 1160. The third kappa shape index (κ3) is 5.90. The lowest BCUT2D eigenvalue weighted by Crippen LogP contribution is -2.19. The van der Waals surface area contributed by atoms with Crippen molar-refractivity contribution < 1.29 is 9.59 Å². The maximum Gasteiger partial charge on any atom is 0.323 e. The van der Waals surface area contributed by atoms with Crippen LogP contribution in [0.3, 0.4) is 0 Å². The lowest BCUT2D eigenvalue weighted by atomic mass is 10.2. The highest BCUT2D eigenvalue weighted by Crippen LogP contribution is 2.23. The first-order chi connectivity index (χ1) is 15.2. The first kappa shape index (κ1) is 20.6. The van der Waals surface area contributed by atoms with Gasteiger partial charge < -0.3 is 16.0 Å². The normalized spacial score (nSPS) is 10.6. The lowest BCUT2D eigenvalue weighted by molar-refractivity contribution is -0.116. The number of benzene rings is 3. The molecule has 4 rings (SSSR count). The number of para-hydroxylation sites is 2. The van der Waals surface area contributed by atoms with Gasteiger partial charge in [0, 0.05) is 23.5 Å². The lowest BCUT2D eigenvalue weighted by Gasteiger charge is -2.10. The van der Waals surface area contributed by atoms with Crippen LogP contribution in [0.25, 0.3) is 10.2 Å². The molecule has 0 fully saturated rings. The van der Waals surface area contributed by atoms with Crippen molar-refractivity contribution in [3.8, 4) is 0 Å². The van der Waals surface area contributed by atoms with Gasteiger partial charge in [0.1, 0.15) is 0 Å². The number of thiazole rings is 1. The molecule has 0 saturated heterocycles. The van der Waals surface area contributed by atoms with Crippen LogP contribution in [0.2, 0.25) is 0 Å². The largest absolute Gasteiger partial charge is 0.326 e. The number of aryl methyl sites for hydroxylation is 1. The van der Waals surface area contributed by atoms with Crippen molar-refractivity contribution in [1.82, 2.24) is 4.98 Å². The van der Waals surface area contributed by atoms with Gasteiger partial charge in [-0.05, 0) is 55.3 Å². The first-order valence-corrected chi connectivity index (χ1v) is 10.8. The Balaban J connectivity index is 1.25. The fourth-order valence-electron chi connectivity index (χ4n) is 3.14. The number of rotatable bonds is 7. The summed E-state index contributed by atoms with van der Waals surface area (Å²) in [5.41, 5.74) is 2.95. The Morgan fingerprint density at radius 3 is 2.26 bits per heavy atom. The summed E-state index contributed by atoms with van der Waals surface area (Å²) in [6.45, 7) is 0. The maximum atomic E-state index is 12.3. The Kier molecular flexibility index (Phi) is 6.54. The van der Waals surface area contributed by atoms with E-state index in [9.17, 15) is 9.59 Å². The van der Waals surface area contributed by atoms with Crippen LogP contribution in [0.1, 0.15) is 17.8 Å². The number of anilines is 3. The fraction of sp³-hybridized carbons (Fsp3) is 0.125. The van der Waals surface area contributed by atoms with Crippen LogP contribution in [-0.4, -0.2) is 16.9 Å². The average molecular weight is 431 g/mol. The van der Waals surface area contributed by atoms with E-state index in [1.54, 1.807) is 35.6 Å². The highest BCUT2D eigenvalue weighted by Gasteiger charge is 2.08. The van der Waals surface area contributed by atoms with E-state index in [2.05, 4.69) is 27.0 Å². The maximum absolute atomic E-state index is 12.3. The van der Waals surface area contributed by atoms with Crippen LogP contribution in [0.4, 0.5) is 21.9 Å².